The maximum absolute atomic E-state index is 12.8. The molecular formula is C18H18N4O4. The zero-order valence-electron chi connectivity index (χ0n) is 14.4. The lowest BCUT2D eigenvalue weighted by atomic mass is 10.1. The minimum absolute atomic E-state index is 0.199. The molecule has 1 aromatic carbocycles. The second kappa shape index (κ2) is 7.64. The van der Waals surface area contributed by atoms with Gasteiger partial charge in [-0.3, -0.25) is 14.6 Å². The number of pyridine rings is 1. The molecule has 8 heteroatoms. The summed E-state index contributed by atoms with van der Waals surface area (Å²) in [6, 6.07) is 7.06. The van der Waals surface area contributed by atoms with Crippen LogP contribution < -0.4 is 20.3 Å². The summed E-state index contributed by atoms with van der Waals surface area (Å²) in [5.41, 5.74) is 0.445. The van der Waals surface area contributed by atoms with Crippen LogP contribution >= 0.6 is 0 Å². The van der Waals surface area contributed by atoms with Crippen molar-refractivity contribution >= 4 is 16.7 Å². The smallest absolute Gasteiger partial charge is 0.279 e. The molecule has 26 heavy (non-hydrogen) atoms. The first-order valence-corrected chi connectivity index (χ1v) is 7.90. The van der Waals surface area contributed by atoms with Gasteiger partial charge in [0.15, 0.2) is 11.5 Å². The molecule has 0 aliphatic heterocycles. The second-order valence-electron chi connectivity index (χ2n) is 5.51. The first-order chi connectivity index (χ1) is 12.6. The lowest BCUT2D eigenvalue weighted by Crippen LogP contribution is -2.33. The van der Waals surface area contributed by atoms with E-state index in [1.807, 2.05) is 6.07 Å². The number of hydrogen-bond acceptors (Lipinski definition) is 6. The predicted octanol–water partition coefficient (Wildman–Crippen LogP) is 1.13. The summed E-state index contributed by atoms with van der Waals surface area (Å²) in [4.78, 5) is 28.9. The largest absolute Gasteiger partial charge is 0.493 e. The quantitative estimate of drug-likeness (QED) is 0.713. The topological polar surface area (TPSA) is 95.3 Å². The lowest BCUT2D eigenvalue weighted by Gasteiger charge is -2.12. The van der Waals surface area contributed by atoms with Gasteiger partial charge in [0.05, 0.1) is 25.8 Å². The molecule has 0 saturated heterocycles. The van der Waals surface area contributed by atoms with Gasteiger partial charge < -0.3 is 14.8 Å². The number of rotatable bonds is 6. The minimum Gasteiger partial charge on any atom is -0.493 e. The molecule has 0 fully saturated rings. The number of nitrogens with one attached hydrogen (secondary N) is 1. The molecule has 2 heterocycles. The fourth-order valence-electron chi connectivity index (χ4n) is 2.59. The highest BCUT2D eigenvalue weighted by molar-refractivity contribution is 5.89. The van der Waals surface area contributed by atoms with Gasteiger partial charge in [-0.1, -0.05) is 6.07 Å². The average molecular weight is 354 g/mol. The van der Waals surface area contributed by atoms with Crippen LogP contribution in [-0.2, 0) is 17.9 Å². The van der Waals surface area contributed by atoms with E-state index in [9.17, 15) is 9.59 Å². The molecule has 0 unspecified atom stereocenters. The molecule has 2 aromatic heterocycles. The van der Waals surface area contributed by atoms with E-state index < -0.39 is 5.56 Å². The summed E-state index contributed by atoms with van der Waals surface area (Å²) in [6.45, 7) is 0.127. The highest BCUT2D eigenvalue weighted by Gasteiger charge is 2.15. The maximum Gasteiger partial charge on any atom is 0.279 e. The van der Waals surface area contributed by atoms with E-state index in [4.69, 9.17) is 9.47 Å². The Morgan fingerprint density at radius 1 is 1.19 bits per heavy atom. The van der Waals surface area contributed by atoms with Crippen LogP contribution in [0.1, 0.15) is 5.56 Å². The Bertz CT molecular complexity index is 986. The molecule has 1 N–H and O–H groups in total. The number of fused-ring (bicyclic) bond motifs is 1. The van der Waals surface area contributed by atoms with Crippen molar-refractivity contribution < 1.29 is 14.3 Å². The van der Waals surface area contributed by atoms with Crippen molar-refractivity contribution in [3.05, 3.63) is 58.8 Å². The molecule has 3 rings (SSSR count). The molecule has 1 amide bonds. The van der Waals surface area contributed by atoms with Crippen LogP contribution in [0, 0.1) is 0 Å². The summed E-state index contributed by atoms with van der Waals surface area (Å²) < 4.78 is 11.7. The van der Waals surface area contributed by atoms with Gasteiger partial charge in [0, 0.05) is 24.3 Å². The Morgan fingerprint density at radius 2 is 2.04 bits per heavy atom. The van der Waals surface area contributed by atoms with E-state index in [1.54, 1.807) is 30.6 Å². The highest BCUT2D eigenvalue weighted by atomic mass is 16.5. The molecule has 0 radical (unpaired) electrons. The number of benzene rings is 1. The number of aromatic nitrogens is 3. The van der Waals surface area contributed by atoms with Gasteiger partial charge in [-0.05, 0) is 23.8 Å². The number of methoxy groups -OCH3 is 2. The normalized spacial score (nSPS) is 10.5. The fraction of sp³-hybridized carbons (Fsp3) is 0.222. The summed E-state index contributed by atoms with van der Waals surface area (Å²) in [5.74, 6) is 0.433. The molecule has 0 aliphatic rings. The number of amides is 1. The molecule has 0 aliphatic carbocycles. The zero-order valence-corrected chi connectivity index (χ0v) is 14.4. The fourth-order valence-corrected chi connectivity index (χ4v) is 2.59. The van der Waals surface area contributed by atoms with Gasteiger partial charge in [0.25, 0.3) is 5.56 Å². The third-order valence-corrected chi connectivity index (χ3v) is 3.87. The van der Waals surface area contributed by atoms with Gasteiger partial charge in [-0.2, -0.15) is 5.10 Å². The van der Waals surface area contributed by atoms with Crippen molar-refractivity contribution in [2.24, 2.45) is 0 Å². The molecule has 0 bridgehead atoms. The summed E-state index contributed by atoms with van der Waals surface area (Å²) in [7, 11) is 2.96. The van der Waals surface area contributed by atoms with Crippen molar-refractivity contribution in [2.75, 3.05) is 14.2 Å². The van der Waals surface area contributed by atoms with E-state index in [-0.39, 0.29) is 12.5 Å². The van der Waals surface area contributed by atoms with E-state index in [1.165, 1.54) is 20.4 Å². The molecule has 0 atom stereocenters. The van der Waals surface area contributed by atoms with Crippen molar-refractivity contribution in [1.82, 2.24) is 20.1 Å². The monoisotopic (exact) mass is 354 g/mol. The van der Waals surface area contributed by atoms with Crippen molar-refractivity contribution in [1.29, 1.82) is 0 Å². The molecule has 134 valence electrons. The number of ether oxygens (including phenoxy) is 2. The summed E-state index contributed by atoms with van der Waals surface area (Å²) in [5, 5.41) is 7.74. The Morgan fingerprint density at radius 3 is 2.73 bits per heavy atom. The van der Waals surface area contributed by atoms with Crippen LogP contribution in [0.5, 0.6) is 11.5 Å². The second-order valence-corrected chi connectivity index (χ2v) is 5.51. The number of carbonyl (C=O) groups is 1. The number of hydrogen-bond donors (Lipinski definition) is 1. The Kier molecular flexibility index (Phi) is 5.12. The zero-order chi connectivity index (χ0) is 18.5. The van der Waals surface area contributed by atoms with Gasteiger partial charge in [-0.15, -0.1) is 0 Å². The van der Waals surface area contributed by atoms with E-state index >= 15 is 0 Å². The van der Waals surface area contributed by atoms with Crippen molar-refractivity contribution in [3.8, 4) is 11.5 Å². The Hall–Kier alpha value is -3.42. The highest BCUT2D eigenvalue weighted by Crippen LogP contribution is 2.32. The SMILES string of the molecule is COc1ccc2cnn(CC(=O)NCc3cccnc3)c(=O)c2c1OC. The third-order valence-electron chi connectivity index (χ3n) is 3.87. The van der Waals surface area contributed by atoms with Crippen LogP contribution in [-0.4, -0.2) is 34.9 Å². The standard InChI is InChI=1S/C18H18N4O4/c1-25-14-6-5-13-10-21-22(18(24)16(13)17(14)26-2)11-15(23)20-9-12-4-3-7-19-8-12/h3-8,10H,9,11H2,1-2H3,(H,20,23). The average Bonchev–Trinajstić information content (AvgIpc) is 2.68. The Labute approximate surface area is 149 Å². The first kappa shape index (κ1) is 17.4. The number of carbonyl (C=O) groups excluding carboxylic acids is 1. The van der Waals surface area contributed by atoms with Crippen molar-refractivity contribution in [3.63, 3.8) is 0 Å². The molecule has 0 saturated carbocycles. The Balaban J connectivity index is 1.85. The lowest BCUT2D eigenvalue weighted by molar-refractivity contribution is -0.122. The predicted molar refractivity (Wildman–Crippen MR) is 95.2 cm³/mol. The van der Waals surface area contributed by atoms with Crippen LogP contribution in [0.25, 0.3) is 10.8 Å². The maximum atomic E-state index is 12.8. The van der Waals surface area contributed by atoms with E-state index in [0.29, 0.717) is 28.8 Å². The first-order valence-electron chi connectivity index (χ1n) is 7.90. The molecule has 8 nitrogen and oxygen atoms in total. The van der Waals surface area contributed by atoms with E-state index in [0.717, 1.165) is 10.2 Å². The van der Waals surface area contributed by atoms with Gasteiger partial charge in [0.1, 0.15) is 6.54 Å². The third kappa shape index (κ3) is 3.49. The molecule has 0 spiro atoms. The van der Waals surface area contributed by atoms with Gasteiger partial charge in [0.2, 0.25) is 5.91 Å². The van der Waals surface area contributed by atoms with Crippen molar-refractivity contribution in [2.45, 2.75) is 13.1 Å². The molecule has 3 aromatic rings. The van der Waals surface area contributed by atoms with E-state index in [2.05, 4.69) is 15.4 Å². The summed E-state index contributed by atoms with van der Waals surface area (Å²) >= 11 is 0. The van der Waals surface area contributed by atoms with Gasteiger partial charge in [-0.25, -0.2) is 4.68 Å². The summed E-state index contributed by atoms with van der Waals surface area (Å²) in [6.07, 6.45) is 4.84. The van der Waals surface area contributed by atoms with Crippen LogP contribution in [0.4, 0.5) is 0 Å². The van der Waals surface area contributed by atoms with Crippen LogP contribution in [0.15, 0.2) is 47.7 Å². The minimum atomic E-state index is -0.422. The van der Waals surface area contributed by atoms with Crippen LogP contribution in [0.2, 0.25) is 0 Å². The van der Waals surface area contributed by atoms with Gasteiger partial charge >= 0.3 is 0 Å². The molecular weight excluding hydrogens is 336 g/mol. The van der Waals surface area contributed by atoms with Crippen LogP contribution in [0.3, 0.4) is 0 Å². The number of nitrogens with zero attached hydrogens (tertiary/aromatic N) is 3.